The largest absolute Gasteiger partial charge is 0.339 e. The SMILES string of the molecule is CCCC(N)c1noc(Cc2ccc(Cl)cc2)n1. The van der Waals surface area contributed by atoms with Crippen molar-refractivity contribution >= 4 is 11.6 Å². The standard InChI is InChI=1S/C13H16ClN3O/c1-2-3-11(15)13-16-12(18-17-13)8-9-4-6-10(14)7-5-9/h4-7,11H,2-3,8,15H2,1H3. The highest BCUT2D eigenvalue weighted by molar-refractivity contribution is 6.30. The molecule has 0 amide bonds. The fourth-order valence-electron chi connectivity index (χ4n) is 1.71. The van der Waals surface area contributed by atoms with E-state index in [2.05, 4.69) is 17.1 Å². The molecule has 1 aromatic heterocycles. The van der Waals surface area contributed by atoms with Crippen LogP contribution < -0.4 is 5.73 Å². The summed E-state index contributed by atoms with van der Waals surface area (Å²) < 4.78 is 5.19. The van der Waals surface area contributed by atoms with E-state index in [-0.39, 0.29) is 6.04 Å². The molecule has 0 radical (unpaired) electrons. The summed E-state index contributed by atoms with van der Waals surface area (Å²) in [5.41, 5.74) is 7.01. The molecular weight excluding hydrogens is 250 g/mol. The van der Waals surface area contributed by atoms with Crippen LogP contribution in [-0.2, 0) is 6.42 Å². The van der Waals surface area contributed by atoms with Gasteiger partial charge in [0.25, 0.3) is 0 Å². The first-order chi connectivity index (χ1) is 8.69. The highest BCUT2D eigenvalue weighted by Gasteiger charge is 2.13. The number of halogens is 1. The van der Waals surface area contributed by atoms with E-state index < -0.39 is 0 Å². The summed E-state index contributed by atoms with van der Waals surface area (Å²) >= 11 is 5.83. The number of aromatic nitrogens is 2. The van der Waals surface area contributed by atoms with Crippen molar-refractivity contribution in [3.8, 4) is 0 Å². The Bertz CT molecular complexity index is 495. The maximum Gasteiger partial charge on any atom is 0.231 e. The van der Waals surface area contributed by atoms with Gasteiger partial charge in [-0.15, -0.1) is 0 Å². The van der Waals surface area contributed by atoms with Gasteiger partial charge in [-0.25, -0.2) is 0 Å². The number of benzene rings is 1. The first-order valence-electron chi connectivity index (χ1n) is 6.01. The average molecular weight is 266 g/mol. The van der Waals surface area contributed by atoms with Crippen LogP contribution in [0.1, 0.15) is 43.1 Å². The van der Waals surface area contributed by atoms with E-state index in [0.717, 1.165) is 23.4 Å². The molecule has 0 spiro atoms. The van der Waals surface area contributed by atoms with Crippen LogP contribution in [0.2, 0.25) is 5.02 Å². The van der Waals surface area contributed by atoms with Gasteiger partial charge >= 0.3 is 0 Å². The minimum Gasteiger partial charge on any atom is -0.339 e. The van der Waals surface area contributed by atoms with Crippen molar-refractivity contribution in [2.24, 2.45) is 5.73 Å². The minimum atomic E-state index is -0.141. The Morgan fingerprint density at radius 1 is 1.33 bits per heavy atom. The Morgan fingerprint density at radius 3 is 2.72 bits per heavy atom. The lowest BCUT2D eigenvalue weighted by molar-refractivity contribution is 0.374. The van der Waals surface area contributed by atoms with Crippen molar-refractivity contribution in [2.75, 3.05) is 0 Å². The van der Waals surface area contributed by atoms with Crippen molar-refractivity contribution in [3.05, 3.63) is 46.6 Å². The van der Waals surface area contributed by atoms with E-state index in [0.29, 0.717) is 18.1 Å². The second-order valence-electron chi connectivity index (χ2n) is 4.24. The Morgan fingerprint density at radius 2 is 2.06 bits per heavy atom. The van der Waals surface area contributed by atoms with Gasteiger partial charge in [0.05, 0.1) is 12.5 Å². The van der Waals surface area contributed by atoms with E-state index in [4.69, 9.17) is 21.9 Å². The topological polar surface area (TPSA) is 64.9 Å². The number of rotatable bonds is 5. The van der Waals surface area contributed by atoms with E-state index in [9.17, 15) is 0 Å². The van der Waals surface area contributed by atoms with Crippen molar-refractivity contribution in [1.82, 2.24) is 10.1 Å². The molecule has 0 bridgehead atoms. The van der Waals surface area contributed by atoms with Crippen molar-refractivity contribution in [2.45, 2.75) is 32.2 Å². The number of nitrogens with zero attached hydrogens (tertiary/aromatic N) is 2. The van der Waals surface area contributed by atoms with Gasteiger partial charge in [-0.1, -0.05) is 42.2 Å². The zero-order chi connectivity index (χ0) is 13.0. The fourth-order valence-corrected chi connectivity index (χ4v) is 1.83. The lowest BCUT2D eigenvalue weighted by Crippen LogP contribution is -2.11. The average Bonchev–Trinajstić information content (AvgIpc) is 2.81. The summed E-state index contributed by atoms with van der Waals surface area (Å²) in [4.78, 5) is 4.31. The monoisotopic (exact) mass is 265 g/mol. The minimum absolute atomic E-state index is 0.141. The first kappa shape index (κ1) is 13.1. The molecular formula is C13H16ClN3O. The van der Waals surface area contributed by atoms with Gasteiger partial charge in [0, 0.05) is 5.02 Å². The molecule has 1 atom stereocenters. The zero-order valence-electron chi connectivity index (χ0n) is 10.3. The molecule has 0 aliphatic rings. The molecule has 4 nitrogen and oxygen atoms in total. The molecule has 0 aliphatic carbocycles. The lowest BCUT2D eigenvalue weighted by atomic mass is 10.1. The lowest BCUT2D eigenvalue weighted by Gasteiger charge is -2.02. The molecule has 2 N–H and O–H groups in total. The summed E-state index contributed by atoms with van der Waals surface area (Å²) in [6.07, 6.45) is 2.46. The number of nitrogens with two attached hydrogens (primary N) is 1. The van der Waals surface area contributed by atoms with Gasteiger partial charge < -0.3 is 10.3 Å². The van der Waals surface area contributed by atoms with Crippen LogP contribution in [0.15, 0.2) is 28.8 Å². The zero-order valence-corrected chi connectivity index (χ0v) is 11.0. The molecule has 1 aromatic carbocycles. The van der Waals surface area contributed by atoms with Crippen molar-refractivity contribution in [1.29, 1.82) is 0 Å². The Balaban J connectivity index is 2.04. The van der Waals surface area contributed by atoms with Crippen LogP contribution in [0.4, 0.5) is 0 Å². The second kappa shape index (κ2) is 5.98. The number of hydrogen-bond acceptors (Lipinski definition) is 4. The smallest absolute Gasteiger partial charge is 0.231 e. The van der Waals surface area contributed by atoms with Gasteiger partial charge in [-0.05, 0) is 24.1 Å². The Labute approximate surface area is 111 Å². The summed E-state index contributed by atoms with van der Waals surface area (Å²) in [7, 11) is 0. The summed E-state index contributed by atoms with van der Waals surface area (Å²) in [6.45, 7) is 2.08. The van der Waals surface area contributed by atoms with Gasteiger partial charge in [0.15, 0.2) is 5.82 Å². The molecule has 1 heterocycles. The van der Waals surface area contributed by atoms with E-state index in [1.807, 2.05) is 24.3 Å². The van der Waals surface area contributed by atoms with Gasteiger partial charge in [-0.2, -0.15) is 4.98 Å². The molecule has 0 fully saturated rings. The first-order valence-corrected chi connectivity index (χ1v) is 6.39. The van der Waals surface area contributed by atoms with Gasteiger partial charge in [0.2, 0.25) is 5.89 Å². The third-order valence-electron chi connectivity index (χ3n) is 2.68. The maximum atomic E-state index is 5.93. The van der Waals surface area contributed by atoms with Crippen molar-refractivity contribution < 1.29 is 4.52 Å². The molecule has 5 heteroatoms. The van der Waals surface area contributed by atoms with Crippen LogP contribution in [0.5, 0.6) is 0 Å². The Hall–Kier alpha value is -1.39. The molecule has 2 rings (SSSR count). The van der Waals surface area contributed by atoms with Crippen LogP contribution in [0.3, 0.4) is 0 Å². The summed E-state index contributed by atoms with van der Waals surface area (Å²) in [5, 5.41) is 4.63. The quantitative estimate of drug-likeness (QED) is 0.902. The fraction of sp³-hybridized carbons (Fsp3) is 0.385. The Kier molecular flexibility index (Phi) is 4.33. The molecule has 1 unspecified atom stereocenters. The molecule has 96 valence electrons. The van der Waals surface area contributed by atoms with Gasteiger partial charge in [0.1, 0.15) is 0 Å². The third kappa shape index (κ3) is 3.31. The molecule has 18 heavy (non-hydrogen) atoms. The van der Waals surface area contributed by atoms with E-state index >= 15 is 0 Å². The molecule has 0 aliphatic heterocycles. The second-order valence-corrected chi connectivity index (χ2v) is 4.68. The van der Waals surface area contributed by atoms with Crippen molar-refractivity contribution in [3.63, 3.8) is 0 Å². The molecule has 2 aromatic rings. The third-order valence-corrected chi connectivity index (χ3v) is 2.94. The summed E-state index contributed by atoms with van der Waals surface area (Å²) in [6, 6.07) is 7.43. The van der Waals surface area contributed by atoms with E-state index in [1.165, 1.54) is 0 Å². The van der Waals surface area contributed by atoms with Crippen LogP contribution in [0.25, 0.3) is 0 Å². The van der Waals surface area contributed by atoms with E-state index in [1.54, 1.807) is 0 Å². The maximum absolute atomic E-state index is 5.93. The highest BCUT2D eigenvalue weighted by atomic mass is 35.5. The molecule has 0 saturated heterocycles. The predicted molar refractivity (Wildman–Crippen MR) is 70.4 cm³/mol. The normalized spacial score (nSPS) is 12.6. The van der Waals surface area contributed by atoms with Gasteiger partial charge in [-0.3, -0.25) is 0 Å². The predicted octanol–water partition coefficient (Wildman–Crippen LogP) is 3.11. The molecule has 0 saturated carbocycles. The van der Waals surface area contributed by atoms with Crippen LogP contribution >= 0.6 is 11.6 Å². The summed E-state index contributed by atoms with van der Waals surface area (Å²) in [5.74, 6) is 1.17. The van der Waals surface area contributed by atoms with Crippen LogP contribution in [0, 0.1) is 0 Å². The number of hydrogen-bond donors (Lipinski definition) is 1. The van der Waals surface area contributed by atoms with Crippen LogP contribution in [-0.4, -0.2) is 10.1 Å². The highest BCUT2D eigenvalue weighted by Crippen LogP contribution is 2.15.